The first-order valence-electron chi connectivity index (χ1n) is 7.91. The lowest BCUT2D eigenvalue weighted by Gasteiger charge is -2.34. The van der Waals surface area contributed by atoms with Crippen LogP contribution in [0.15, 0.2) is 60.7 Å². The van der Waals surface area contributed by atoms with Gasteiger partial charge < -0.3 is 10.6 Å². The van der Waals surface area contributed by atoms with Gasteiger partial charge in [-0.15, -0.1) is 0 Å². The molecule has 0 radical (unpaired) electrons. The van der Waals surface area contributed by atoms with Crippen LogP contribution < -0.4 is 10.6 Å². The third kappa shape index (κ3) is 3.52. The summed E-state index contributed by atoms with van der Waals surface area (Å²) in [5.41, 5.74) is 2.68. The van der Waals surface area contributed by atoms with Crippen LogP contribution in [-0.4, -0.2) is 19.1 Å². The first kappa shape index (κ1) is 14.3. The van der Waals surface area contributed by atoms with Gasteiger partial charge in [0.1, 0.15) is 0 Å². The lowest BCUT2D eigenvalue weighted by molar-refractivity contribution is 0.283. The molecule has 2 unspecified atom stereocenters. The summed E-state index contributed by atoms with van der Waals surface area (Å²) < 4.78 is 0. The van der Waals surface area contributed by atoms with Gasteiger partial charge in [-0.1, -0.05) is 67.6 Å². The smallest absolute Gasteiger partial charge is 0.0578 e. The number of rotatable bonds is 4. The fraction of sp³-hybridized carbons (Fsp3) is 0.368. The highest BCUT2D eigenvalue weighted by Gasteiger charge is 2.25. The predicted molar refractivity (Wildman–Crippen MR) is 88.3 cm³/mol. The zero-order valence-electron chi connectivity index (χ0n) is 12.6. The van der Waals surface area contributed by atoms with E-state index >= 15 is 0 Å². The Morgan fingerprint density at radius 2 is 1.52 bits per heavy atom. The van der Waals surface area contributed by atoms with Crippen molar-refractivity contribution in [3.63, 3.8) is 0 Å². The molecule has 2 aromatic rings. The number of hydrogen-bond donors (Lipinski definition) is 2. The molecular weight excluding hydrogens is 256 g/mol. The Bertz CT molecular complexity index is 499. The maximum atomic E-state index is 3.90. The molecule has 0 saturated carbocycles. The second kappa shape index (κ2) is 6.88. The average molecular weight is 280 g/mol. The van der Waals surface area contributed by atoms with Crippen LogP contribution in [0.4, 0.5) is 0 Å². The molecule has 1 saturated heterocycles. The summed E-state index contributed by atoms with van der Waals surface area (Å²) in [5, 5.41) is 7.38. The second-order valence-corrected chi connectivity index (χ2v) is 6.00. The van der Waals surface area contributed by atoms with E-state index in [1.54, 1.807) is 0 Å². The van der Waals surface area contributed by atoms with Gasteiger partial charge in [0.15, 0.2) is 0 Å². The molecule has 21 heavy (non-hydrogen) atoms. The van der Waals surface area contributed by atoms with Gasteiger partial charge in [0.25, 0.3) is 0 Å². The van der Waals surface area contributed by atoms with Crippen LogP contribution in [0.3, 0.4) is 0 Å². The van der Waals surface area contributed by atoms with Gasteiger partial charge in [-0.3, -0.25) is 0 Å². The van der Waals surface area contributed by atoms with Crippen LogP contribution in [0.2, 0.25) is 0 Å². The lowest BCUT2D eigenvalue weighted by Crippen LogP contribution is -2.47. The van der Waals surface area contributed by atoms with E-state index in [0.717, 1.165) is 13.1 Å². The molecule has 2 atom stereocenters. The normalized spacial score (nSPS) is 22.4. The molecular formula is C19H24N2. The minimum absolute atomic E-state index is 0.276. The van der Waals surface area contributed by atoms with Gasteiger partial charge in [-0.05, 0) is 36.6 Å². The highest BCUT2D eigenvalue weighted by molar-refractivity contribution is 5.31. The summed E-state index contributed by atoms with van der Waals surface area (Å²) in [5.74, 6) is 0.661. The molecule has 1 fully saturated rings. The fourth-order valence-electron chi connectivity index (χ4n) is 3.15. The summed E-state index contributed by atoms with van der Waals surface area (Å²) in [4.78, 5) is 0. The van der Waals surface area contributed by atoms with Crippen molar-refractivity contribution >= 4 is 0 Å². The highest BCUT2D eigenvalue weighted by Crippen LogP contribution is 2.24. The molecule has 0 aromatic heterocycles. The third-order valence-corrected chi connectivity index (χ3v) is 4.43. The molecule has 0 bridgehead atoms. The number of hydrogen-bond acceptors (Lipinski definition) is 2. The molecule has 2 heteroatoms. The van der Waals surface area contributed by atoms with Crippen molar-refractivity contribution in [2.45, 2.75) is 25.4 Å². The molecule has 110 valence electrons. The van der Waals surface area contributed by atoms with Gasteiger partial charge in [-0.25, -0.2) is 0 Å². The van der Waals surface area contributed by atoms with Crippen molar-refractivity contribution in [3.8, 4) is 0 Å². The van der Waals surface area contributed by atoms with Crippen molar-refractivity contribution in [1.82, 2.24) is 10.6 Å². The molecule has 1 aliphatic rings. The molecule has 2 N–H and O–H groups in total. The molecule has 1 aliphatic heterocycles. The molecule has 0 aliphatic carbocycles. The molecule has 0 spiro atoms. The Kier molecular flexibility index (Phi) is 4.69. The first-order chi connectivity index (χ1) is 10.3. The number of benzene rings is 2. The number of piperidine rings is 1. The van der Waals surface area contributed by atoms with E-state index in [4.69, 9.17) is 0 Å². The van der Waals surface area contributed by atoms with Crippen LogP contribution in [-0.2, 0) is 0 Å². The zero-order valence-corrected chi connectivity index (χ0v) is 12.6. The monoisotopic (exact) mass is 280 g/mol. The van der Waals surface area contributed by atoms with Crippen LogP contribution in [0.25, 0.3) is 0 Å². The largest absolute Gasteiger partial charge is 0.316 e. The molecule has 0 amide bonds. The molecule has 2 nitrogen and oxygen atoms in total. The van der Waals surface area contributed by atoms with E-state index in [1.807, 2.05) is 0 Å². The van der Waals surface area contributed by atoms with E-state index < -0.39 is 0 Å². The zero-order chi connectivity index (χ0) is 14.5. The van der Waals surface area contributed by atoms with Crippen molar-refractivity contribution in [1.29, 1.82) is 0 Å². The molecule has 1 heterocycles. The first-order valence-corrected chi connectivity index (χ1v) is 7.91. The lowest BCUT2D eigenvalue weighted by atomic mass is 9.91. The average Bonchev–Trinajstić information content (AvgIpc) is 2.56. The topological polar surface area (TPSA) is 24.1 Å². The van der Waals surface area contributed by atoms with E-state index in [2.05, 4.69) is 78.2 Å². The quantitative estimate of drug-likeness (QED) is 0.897. The van der Waals surface area contributed by atoms with Gasteiger partial charge in [-0.2, -0.15) is 0 Å². The fourth-order valence-corrected chi connectivity index (χ4v) is 3.15. The standard InChI is InChI=1S/C19H24N2/c1-15-14-20-13-12-18(15)21-19(16-8-4-2-5-9-16)17-10-6-3-7-11-17/h2-11,15,18-21H,12-14H2,1H3. The molecule has 3 rings (SSSR count). The van der Waals surface area contributed by atoms with Crippen LogP contribution >= 0.6 is 0 Å². The van der Waals surface area contributed by atoms with Gasteiger partial charge >= 0.3 is 0 Å². The highest BCUT2D eigenvalue weighted by atomic mass is 15.0. The minimum Gasteiger partial charge on any atom is -0.316 e. The SMILES string of the molecule is CC1CNCCC1NC(c1ccccc1)c1ccccc1. The second-order valence-electron chi connectivity index (χ2n) is 6.00. The Balaban J connectivity index is 1.86. The number of nitrogens with one attached hydrogen (secondary N) is 2. The van der Waals surface area contributed by atoms with E-state index in [1.165, 1.54) is 17.5 Å². The Labute approximate surface area is 127 Å². The van der Waals surface area contributed by atoms with Crippen molar-refractivity contribution in [2.75, 3.05) is 13.1 Å². The summed E-state index contributed by atoms with van der Waals surface area (Å²) in [6.07, 6.45) is 1.19. The Morgan fingerprint density at radius 1 is 0.952 bits per heavy atom. The minimum atomic E-state index is 0.276. The summed E-state index contributed by atoms with van der Waals surface area (Å²) in [6, 6.07) is 22.4. The third-order valence-electron chi connectivity index (χ3n) is 4.43. The Hall–Kier alpha value is -1.64. The molecule has 2 aromatic carbocycles. The summed E-state index contributed by atoms with van der Waals surface area (Å²) in [7, 11) is 0. The van der Waals surface area contributed by atoms with E-state index in [9.17, 15) is 0 Å². The summed E-state index contributed by atoms with van der Waals surface area (Å²) >= 11 is 0. The van der Waals surface area contributed by atoms with Gasteiger partial charge in [0.2, 0.25) is 0 Å². The Morgan fingerprint density at radius 3 is 2.05 bits per heavy atom. The van der Waals surface area contributed by atoms with Gasteiger partial charge in [0.05, 0.1) is 6.04 Å². The van der Waals surface area contributed by atoms with Gasteiger partial charge in [0, 0.05) is 6.04 Å². The van der Waals surface area contributed by atoms with E-state index in [0.29, 0.717) is 12.0 Å². The van der Waals surface area contributed by atoms with Crippen LogP contribution in [0, 0.1) is 5.92 Å². The van der Waals surface area contributed by atoms with Crippen molar-refractivity contribution in [2.24, 2.45) is 5.92 Å². The predicted octanol–water partition coefficient (Wildman–Crippen LogP) is 3.36. The van der Waals surface area contributed by atoms with Crippen LogP contribution in [0.5, 0.6) is 0 Å². The summed E-state index contributed by atoms with van der Waals surface area (Å²) in [6.45, 7) is 4.54. The van der Waals surface area contributed by atoms with Crippen LogP contribution in [0.1, 0.15) is 30.5 Å². The van der Waals surface area contributed by atoms with E-state index in [-0.39, 0.29) is 6.04 Å². The maximum absolute atomic E-state index is 3.90. The van der Waals surface area contributed by atoms with Crippen molar-refractivity contribution in [3.05, 3.63) is 71.8 Å². The van der Waals surface area contributed by atoms with Crippen molar-refractivity contribution < 1.29 is 0 Å². The maximum Gasteiger partial charge on any atom is 0.0578 e.